The highest BCUT2D eigenvalue weighted by Gasteiger charge is 2.12. The Hall–Kier alpha value is -1.66. The lowest BCUT2D eigenvalue weighted by Crippen LogP contribution is -2.12. The van der Waals surface area contributed by atoms with Gasteiger partial charge in [-0.25, -0.2) is 0 Å². The van der Waals surface area contributed by atoms with Crippen LogP contribution in [0.15, 0.2) is 39.2 Å². The third kappa shape index (κ3) is 3.65. The molecule has 0 atom stereocenters. The van der Waals surface area contributed by atoms with E-state index in [4.69, 9.17) is 4.42 Å². The van der Waals surface area contributed by atoms with Gasteiger partial charge < -0.3 is 9.73 Å². The minimum absolute atomic E-state index is 0.0770. The fourth-order valence-corrected chi connectivity index (χ4v) is 2.11. The van der Waals surface area contributed by atoms with Crippen molar-refractivity contribution >= 4 is 21.6 Å². The van der Waals surface area contributed by atoms with Gasteiger partial charge in [-0.1, -0.05) is 6.07 Å². The van der Waals surface area contributed by atoms with E-state index in [-0.39, 0.29) is 5.69 Å². The van der Waals surface area contributed by atoms with Gasteiger partial charge in [0, 0.05) is 12.6 Å². The number of nitrogens with one attached hydrogen (secondary N) is 1. The summed E-state index contributed by atoms with van der Waals surface area (Å²) in [5.74, 6) is 1.72. The molecule has 2 rings (SSSR count). The smallest absolute Gasteiger partial charge is 0.283 e. The van der Waals surface area contributed by atoms with E-state index >= 15 is 0 Å². The number of aryl methyl sites for hydroxylation is 1. The maximum absolute atomic E-state index is 10.8. The van der Waals surface area contributed by atoms with E-state index < -0.39 is 4.92 Å². The lowest BCUT2D eigenvalue weighted by Gasteiger charge is -2.04. The van der Waals surface area contributed by atoms with Crippen LogP contribution in [0.2, 0.25) is 0 Å². The van der Waals surface area contributed by atoms with Crippen LogP contribution in [0.4, 0.5) is 5.69 Å². The second-order valence-corrected chi connectivity index (χ2v) is 5.01. The Morgan fingerprint density at radius 1 is 1.32 bits per heavy atom. The highest BCUT2D eigenvalue weighted by molar-refractivity contribution is 9.10. The fourth-order valence-electron chi connectivity index (χ4n) is 1.72. The number of furan rings is 1. The molecule has 2 aromatic rings. The summed E-state index contributed by atoms with van der Waals surface area (Å²) in [4.78, 5) is 10.4. The Kier molecular flexibility index (Phi) is 4.34. The Bertz CT molecular complexity index is 595. The third-order valence-electron chi connectivity index (χ3n) is 2.63. The average molecular weight is 325 g/mol. The molecule has 0 unspecified atom stereocenters. The second-order valence-electron chi connectivity index (χ2n) is 4.16. The molecule has 1 N–H and O–H groups in total. The molecule has 0 amide bonds. The van der Waals surface area contributed by atoms with Crippen LogP contribution < -0.4 is 5.32 Å². The van der Waals surface area contributed by atoms with Gasteiger partial charge in [0.1, 0.15) is 11.5 Å². The number of hydrogen-bond acceptors (Lipinski definition) is 4. The molecule has 1 aromatic heterocycles. The van der Waals surface area contributed by atoms with Crippen LogP contribution in [0.1, 0.15) is 17.1 Å². The van der Waals surface area contributed by atoms with Gasteiger partial charge in [0.2, 0.25) is 0 Å². The monoisotopic (exact) mass is 324 g/mol. The van der Waals surface area contributed by atoms with Gasteiger partial charge in [0.15, 0.2) is 0 Å². The van der Waals surface area contributed by atoms with Crippen molar-refractivity contribution in [3.05, 3.63) is 62.0 Å². The summed E-state index contributed by atoms with van der Waals surface area (Å²) in [5, 5.41) is 14.0. The largest absolute Gasteiger partial charge is 0.465 e. The first-order valence-corrected chi connectivity index (χ1v) is 6.54. The molecule has 0 aliphatic carbocycles. The Labute approximate surface area is 118 Å². The zero-order chi connectivity index (χ0) is 13.8. The zero-order valence-corrected chi connectivity index (χ0v) is 11.9. The topological polar surface area (TPSA) is 68.3 Å². The second kappa shape index (κ2) is 5.99. The van der Waals surface area contributed by atoms with Crippen molar-refractivity contribution in [3.63, 3.8) is 0 Å². The van der Waals surface area contributed by atoms with Crippen molar-refractivity contribution in [2.24, 2.45) is 0 Å². The van der Waals surface area contributed by atoms with E-state index in [9.17, 15) is 10.1 Å². The van der Waals surface area contributed by atoms with Crippen LogP contribution >= 0.6 is 15.9 Å². The minimum atomic E-state index is -0.399. The number of rotatable bonds is 5. The van der Waals surface area contributed by atoms with Crippen LogP contribution in [-0.2, 0) is 13.1 Å². The predicted molar refractivity (Wildman–Crippen MR) is 74.8 cm³/mol. The van der Waals surface area contributed by atoms with Gasteiger partial charge in [-0.15, -0.1) is 0 Å². The van der Waals surface area contributed by atoms with Crippen LogP contribution in [0.5, 0.6) is 0 Å². The molecule has 19 heavy (non-hydrogen) atoms. The Balaban J connectivity index is 1.96. The normalized spacial score (nSPS) is 10.6. The van der Waals surface area contributed by atoms with Gasteiger partial charge >= 0.3 is 0 Å². The van der Waals surface area contributed by atoms with Gasteiger partial charge in [-0.3, -0.25) is 10.1 Å². The molecule has 1 heterocycles. The van der Waals surface area contributed by atoms with E-state index in [0.717, 1.165) is 17.1 Å². The molecule has 0 aliphatic heterocycles. The van der Waals surface area contributed by atoms with Crippen molar-refractivity contribution < 1.29 is 9.34 Å². The summed E-state index contributed by atoms with van der Waals surface area (Å²) < 4.78 is 5.91. The quantitative estimate of drug-likeness (QED) is 0.674. The number of halogens is 1. The summed E-state index contributed by atoms with van der Waals surface area (Å²) in [6, 6.07) is 8.90. The van der Waals surface area contributed by atoms with Crippen LogP contribution in [-0.4, -0.2) is 4.92 Å². The molecule has 0 aliphatic rings. The molecule has 100 valence electrons. The average Bonchev–Trinajstić information content (AvgIpc) is 2.77. The zero-order valence-electron chi connectivity index (χ0n) is 10.4. The first-order chi connectivity index (χ1) is 9.06. The third-order valence-corrected chi connectivity index (χ3v) is 3.30. The van der Waals surface area contributed by atoms with Crippen molar-refractivity contribution in [1.29, 1.82) is 0 Å². The summed E-state index contributed by atoms with van der Waals surface area (Å²) in [7, 11) is 0. The predicted octanol–water partition coefficient (Wildman–Crippen LogP) is 3.55. The maximum atomic E-state index is 10.8. The molecule has 6 heteroatoms. The van der Waals surface area contributed by atoms with Gasteiger partial charge in [-0.05, 0) is 46.6 Å². The number of nitro benzene ring substituents is 1. The Morgan fingerprint density at radius 2 is 2.11 bits per heavy atom. The van der Waals surface area contributed by atoms with Crippen molar-refractivity contribution in [1.82, 2.24) is 5.32 Å². The number of hydrogen-bond donors (Lipinski definition) is 1. The molecule has 0 saturated carbocycles. The highest BCUT2D eigenvalue weighted by atomic mass is 79.9. The summed E-state index contributed by atoms with van der Waals surface area (Å²) in [6.07, 6.45) is 0. The number of nitrogens with zero attached hydrogens (tertiary/aromatic N) is 1. The molecule has 5 nitrogen and oxygen atoms in total. The van der Waals surface area contributed by atoms with Gasteiger partial charge in [-0.2, -0.15) is 0 Å². The van der Waals surface area contributed by atoms with E-state index in [1.807, 2.05) is 25.1 Å². The highest BCUT2D eigenvalue weighted by Crippen LogP contribution is 2.25. The standard InChI is InChI=1S/C13H13BrN2O3/c1-9-2-4-11(19-9)8-15-7-10-3-5-12(14)13(6-10)16(17)18/h2-6,15H,7-8H2,1H3. The van der Waals surface area contributed by atoms with E-state index in [2.05, 4.69) is 21.2 Å². The van der Waals surface area contributed by atoms with Crippen LogP contribution in [0, 0.1) is 17.0 Å². The van der Waals surface area contributed by atoms with E-state index in [0.29, 0.717) is 17.6 Å². The first-order valence-electron chi connectivity index (χ1n) is 5.75. The molecular formula is C13H13BrN2O3. The number of nitro groups is 1. The molecule has 0 fully saturated rings. The molecule has 0 bridgehead atoms. The molecule has 1 aromatic carbocycles. The summed E-state index contributed by atoms with van der Waals surface area (Å²) in [6.45, 7) is 3.03. The van der Waals surface area contributed by atoms with E-state index in [1.54, 1.807) is 12.1 Å². The summed E-state index contributed by atoms with van der Waals surface area (Å²) >= 11 is 3.16. The molecule has 0 spiro atoms. The van der Waals surface area contributed by atoms with Crippen LogP contribution in [0.25, 0.3) is 0 Å². The summed E-state index contributed by atoms with van der Waals surface area (Å²) in [5.41, 5.74) is 0.936. The first kappa shape index (κ1) is 13.8. The molecule has 0 saturated heterocycles. The van der Waals surface area contributed by atoms with Crippen molar-refractivity contribution in [3.8, 4) is 0 Å². The molecular weight excluding hydrogens is 312 g/mol. The van der Waals surface area contributed by atoms with Gasteiger partial charge in [0.05, 0.1) is 15.9 Å². The van der Waals surface area contributed by atoms with Crippen molar-refractivity contribution in [2.75, 3.05) is 0 Å². The van der Waals surface area contributed by atoms with Gasteiger partial charge in [0.25, 0.3) is 5.69 Å². The van der Waals surface area contributed by atoms with Crippen LogP contribution in [0.3, 0.4) is 0 Å². The van der Waals surface area contributed by atoms with E-state index in [1.165, 1.54) is 0 Å². The van der Waals surface area contributed by atoms with Crippen molar-refractivity contribution in [2.45, 2.75) is 20.0 Å². The lowest BCUT2D eigenvalue weighted by atomic mass is 10.2. The SMILES string of the molecule is Cc1ccc(CNCc2ccc(Br)c([N+](=O)[O-])c2)o1. The molecule has 0 radical (unpaired) electrons. The minimum Gasteiger partial charge on any atom is -0.465 e. The lowest BCUT2D eigenvalue weighted by molar-refractivity contribution is -0.385. The Morgan fingerprint density at radius 3 is 2.74 bits per heavy atom. The maximum Gasteiger partial charge on any atom is 0.283 e. The fraction of sp³-hybridized carbons (Fsp3) is 0.231. The number of benzene rings is 1.